The first-order chi connectivity index (χ1) is 10.2. The molecular weight excluding hydrogens is 266 g/mol. The molecule has 6 heteroatoms. The minimum absolute atomic E-state index is 0.138. The lowest BCUT2D eigenvalue weighted by Crippen LogP contribution is -2.32. The number of aromatic amines is 1. The van der Waals surface area contributed by atoms with Crippen LogP contribution in [-0.4, -0.2) is 46.7 Å². The number of hydrogen-bond acceptors (Lipinski definition) is 4. The van der Waals surface area contributed by atoms with Crippen molar-refractivity contribution in [3.8, 4) is 0 Å². The van der Waals surface area contributed by atoms with Crippen LogP contribution in [0.4, 0.5) is 5.69 Å². The quantitative estimate of drug-likeness (QED) is 0.757. The molecule has 1 unspecified atom stereocenters. The molecule has 21 heavy (non-hydrogen) atoms. The van der Waals surface area contributed by atoms with E-state index in [4.69, 9.17) is 5.73 Å². The highest BCUT2D eigenvalue weighted by atomic mass is 16.1. The van der Waals surface area contributed by atoms with Gasteiger partial charge in [-0.3, -0.25) is 9.89 Å². The highest BCUT2D eigenvalue weighted by Crippen LogP contribution is 2.42. The SMILES string of the molecule is Nc1c(C(=O)NCC2CCN(C3CC3)C2)n[nH]c1C1CC1. The molecule has 0 spiro atoms. The Labute approximate surface area is 124 Å². The molecule has 1 aliphatic heterocycles. The van der Waals surface area contributed by atoms with Crippen molar-refractivity contribution < 1.29 is 4.79 Å². The topological polar surface area (TPSA) is 87.0 Å². The summed E-state index contributed by atoms with van der Waals surface area (Å²) in [5.74, 6) is 0.916. The van der Waals surface area contributed by atoms with Gasteiger partial charge in [0.25, 0.3) is 5.91 Å². The van der Waals surface area contributed by atoms with Gasteiger partial charge < -0.3 is 16.0 Å². The van der Waals surface area contributed by atoms with Gasteiger partial charge in [-0.1, -0.05) is 0 Å². The molecule has 114 valence electrons. The fraction of sp³-hybridized carbons (Fsp3) is 0.733. The Bertz CT molecular complexity index is 546. The van der Waals surface area contributed by atoms with E-state index in [-0.39, 0.29) is 5.91 Å². The maximum atomic E-state index is 12.2. The second kappa shape index (κ2) is 5.02. The molecule has 3 fully saturated rings. The average molecular weight is 289 g/mol. The number of rotatable bonds is 5. The van der Waals surface area contributed by atoms with Crippen molar-refractivity contribution in [2.75, 3.05) is 25.4 Å². The minimum Gasteiger partial charge on any atom is -0.395 e. The van der Waals surface area contributed by atoms with E-state index < -0.39 is 0 Å². The minimum atomic E-state index is -0.138. The number of carbonyl (C=O) groups excluding carboxylic acids is 1. The summed E-state index contributed by atoms with van der Waals surface area (Å²) in [5.41, 5.74) is 7.89. The second-order valence-electron chi connectivity index (χ2n) is 6.76. The van der Waals surface area contributed by atoms with Crippen LogP contribution in [0.15, 0.2) is 0 Å². The lowest BCUT2D eigenvalue weighted by molar-refractivity contribution is 0.0943. The van der Waals surface area contributed by atoms with Crippen LogP contribution in [0.1, 0.15) is 54.2 Å². The van der Waals surface area contributed by atoms with Gasteiger partial charge in [-0.15, -0.1) is 0 Å². The normalized spacial score (nSPS) is 26.2. The van der Waals surface area contributed by atoms with Crippen LogP contribution >= 0.6 is 0 Å². The molecule has 1 atom stereocenters. The first kappa shape index (κ1) is 13.1. The van der Waals surface area contributed by atoms with Gasteiger partial charge in [0.2, 0.25) is 0 Å². The molecule has 1 saturated heterocycles. The van der Waals surface area contributed by atoms with Gasteiger partial charge in [0.05, 0.1) is 11.4 Å². The van der Waals surface area contributed by atoms with Crippen LogP contribution in [0.2, 0.25) is 0 Å². The summed E-state index contributed by atoms with van der Waals surface area (Å²) in [6.07, 6.45) is 6.18. The number of aromatic nitrogens is 2. The molecule has 0 radical (unpaired) electrons. The monoisotopic (exact) mass is 289 g/mol. The number of nitrogens with one attached hydrogen (secondary N) is 2. The predicted molar refractivity (Wildman–Crippen MR) is 80.0 cm³/mol. The summed E-state index contributed by atoms with van der Waals surface area (Å²) in [5, 5.41) is 10.0. The molecule has 0 bridgehead atoms. The molecule has 1 amide bonds. The number of H-pyrrole nitrogens is 1. The van der Waals surface area contributed by atoms with E-state index in [1.165, 1.54) is 25.8 Å². The smallest absolute Gasteiger partial charge is 0.273 e. The average Bonchev–Trinajstić information content (AvgIpc) is 3.41. The molecule has 2 aliphatic carbocycles. The third-order valence-electron chi connectivity index (χ3n) is 4.97. The Morgan fingerprint density at radius 3 is 2.86 bits per heavy atom. The van der Waals surface area contributed by atoms with E-state index in [1.54, 1.807) is 0 Å². The standard InChI is InChI=1S/C15H23N5O/c16-12-13(10-1-2-10)18-19-14(12)15(21)17-7-9-5-6-20(8-9)11-3-4-11/h9-11H,1-8,16H2,(H,17,21)(H,18,19). The zero-order valence-electron chi connectivity index (χ0n) is 12.3. The largest absolute Gasteiger partial charge is 0.395 e. The van der Waals surface area contributed by atoms with E-state index >= 15 is 0 Å². The third-order valence-corrected chi connectivity index (χ3v) is 4.97. The molecule has 4 N–H and O–H groups in total. The van der Waals surface area contributed by atoms with E-state index in [9.17, 15) is 4.79 Å². The van der Waals surface area contributed by atoms with Crippen molar-refractivity contribution in [1.29, 1.82) is 0 Å². The van der Waals surface area contributed by atoms with Crippen molar-refractivity contribution in [2.24, 2.45) is 5.92 Å². The van der Waals surface area contributed by atoms with Crippen molar-refractivity contribution >= 4 is 11.6 Å². The number of nitrogen functional groups attached to an aromatic ring is 1. The number of nitrogens with two attached hydrogens (primary N) is 1. The third kappa shape index (κ3) is 2.64. The first-order valence-electron chi connectivity index (χ1n) is 8.08. The first-order valence-corrected chi connectivity index (χ1v) is 8.08. The fourth-order valence-electron chi connectivity index (χ4n) is 3.34. The van der Waals surface area contributed by atoms with Crippen LogP contribution in [0.5, 0.6) is 0 Å². The van der Waals surface area contributed by atoms with E-state index in [0.717, 1.165) is 37.7 Å². The molecule has 3 aliphatic rings. The van der Waals surface area contributed by atoms with Gasteiger partial charge in [-0.05, 0) is 44.6 Å². The summed E-state index contributed by atoms with van der Waals surface area (Å²) in [4.78, 5) is 14.8. The second-order valence-corrected chi connectivity index (χ2v) is 6.76. The fourth-order valence-corrected chi connectivity index (χ4v) is 3.34. The lowest BCUT2D eigenvalue weighted by atomic mass is 10.1. The van der Waals surface area contributed by atoms with E-state index in [2.05, 4.69) is 20.4 Å². The van der Waals surface area contributed by atoms with Crippen LogP contribution in [0.25, 0.3) is 0 Å². The van der Waals surface area contributed by atoms with Gasteiger partial charge in [-0.25, -0.2) is 0 Å². The number of anilines is 1. The zero-order valence-corrected chi connectivity index (χ0v) is 12.3. The van der Waals surface area contributed by atoms with Crippen LogP contribution < -0.4 is 11.1 Å². The van der Waals surface area contributed by atoms with Gasteiger partial charge in [0.1, 0.15) is 0 Å². The maximum Gasteiger partial charge on any atom is 0.273 e. The summed E-state index contributed by atoms with van der Waals surface area (Å²) in [6.45, 7) is 3.03. The molecule has 1 aromatic heterocycles. The number of nitrogens with zero attached hydrogens (tertiary/aromatic N) is 2. The van der Waals surface area contributed by atoms with Crippen molar-refractivity contribution in [2.45, 2.75) is 44.1 Å². The maximum absolute atomic E-state index is 12.2. The van der Waals surface area contributed by atoms with Crippen LogP contribution in [-0.2, 0) is 0 Å². The van der Waals surface area contributed by atoms with Crippen molar-refractivity contribution in [1.82, 2.24) is 20.4 Å². The Balaban J connectivity index is 1.31. The Morgan fingerprint density at radius 1 is 1.33 bits per heavy atom. The molecular formula is C15H23N5O. The molecule has 6 nitrogen and oxygen atoms in total. The van der Waals surface area contributed by atoms with Crippen molar-refractivity contribution in [3.05, 3.63) is 11.4 Å². The summed E-state index contributed by atoms with van der Waals surface area (Å²) in [7, 11) is 0. The van der Waals surface area contributed by atoms with Crippen LogP contribution in [0.3, 0.4) is 0 Å². The zero-order chi connectivity index (χ0) is 14.4. The summed E-state index contributed by atoms with van der Waals surface area (Å²) >= 11 is 0. The summed E-state index contributed by atoms with van der Waals surface area (Å²) in [6, 6.07) is 0.828. The lowest BCUT2D eigenvalue weighted by Gasteiger charge is -2.14. The van der Waals surface area contributed by atoms with Crippen molar-refractivity contribution in [3.63, 3.8) is 0 Å². The van der Waals surface area contributed by atoms with Gasteiger partial charge in [0.15, 0.2) is 5.69 Å². The van der Waals surface area contributed by atoms with Gasteiger partial charge >= 0.3 is 0 Å². The molecule has 4 rings (SSSR count). The number of carbonyl (C=O) groups is 1. The Morgan fingerprint density at radius 2 is 2.14 bits per heavy atom. The van der Waals surface area contributed by atoms with Gasteiger partial charge in [-0.2, -0.15) is 5.10 Å². The van der Waals surface area contributed by atoms with E-state index in [1.807, 2.05) is 0 Å². The van der Waals surface area contributed by atoms with E-state index in [0.29, 0.717) is 23.2 Å². The molecule has 1 aromatic rings. The Hall–Kier alpha value is -1.56. The number of hydrogen-bond donors (Lipinski definition) is 3. The van der Waals surface area contributed by atoms with Crippen LogP contribution in [0, 0.1) is 5.92 Å². The number of amides is 1. The summed E-state index contributed by atoms with van der Waals surface area (Å²) < 4.78 is 0. The number of likely N-dealkylation sites (tertiary alicyclic amines) is 1. The highest BCUT2D eigenvalue weighted by molar-refractivity contribution is 5.97. The molecule has 0 aromatic carbocycles. The molecule has 2 heterocycles. The predicted octanol–water partition coefficient (Wildman–Crippen LogP) is 1.08. The van der Waals surface area contributed by atoms with Gasteiger partial charge in [0, 0.05) is 25.0 Å². The molecule has 2 saturated carbocycles. The Kier molecular flexibility index (Phi) is 3.14. The highest BCUT2D eigenvalue weighted by Gasteiger charge is 2.34.